The Morgan fingerprint density at radius 2 is 2.00 bits per heavy atom. The van der Waals surface area contributed by atoms with Crippen molar-refractivity contribution in [1.29, 1.82) is 0 Å². The van der Waals surface area contributed by atoms with Crippen LogP contribution in [0.2, 0.25) is 0 Å². The highest BCUT2D eigenvalue weighted by Crippen LogP contribution is 2.19. The van der Waals surface area contributed by atoms with Crippen LogP contribution in [0.25, 0.3) is 5.69 Å². The average Bonchev–Trinajstić information content (AvgIpc) is 2.53. The number of benzene rings is 1. The van der Waals surface area contributed by atoms with E-state index in [4.69, 9.17) is 0 Å². The average molecular weight is 237 g/mol. The molecule has 2 aromatic rings. The molecule has 2 rings (SSSR count). The second kappa shape index (κ2) is 3.34. The molecule has 0 bridgehead atoms. The summed E-state index contributed by atoms with van der Waals surface area (Å²) in [6, 6.07) is 10.0. The van der Waals surface area contributed by atoms with E-state index in [9.17, 15) is 0 Å². The molecule has 0 amide bonds. The lowest BCUT2D eigenvalue weighted by Crippen LogP contribution is -1.95. The summed E-state index contributed by atoms with van der Waals surface area (Å²) in [5.74, 6) is 0. The second-order valence-corrected chi connectivity index (χ2v) is 3.71. The minimum Gasteiger partial charge on any atom is -0.240 e. The van der Waals surface area contributed by atoms with Crippen LogP contribution in [0.5, 0.6) is 0 Å². The normalized spacial score (nSPS) is 10.3. The summed E-state index contributed by atoms with van der Waals surface area (Å²) in [5.41, 5.74) is 2.09. The van der Waals surface area contributed by atoms with Crippen molar-refractivity contribution in [2.45, 2.75) is 6.92 Å². The number of hydrogen-bond donors (Lipinski definition) is 0. The summed E-state index contributed by atoms with van der Waals surface area (Å²) in [4.78, 5) is 0. The van der Waals surface area contributed by atoms with Gasteiger partial charge in [0.05, 0.1) is 11.4 Å². The van der Waals surface area contributed by atoms with E-state index in [0.717, 1.165) is 15.9 Å². The highest BCUT2D eigenvalue weighted by Gasteiger charge is 2.00. The van der Waals surface area contributed by atoms with Gasteiger partial charge in [-0.25, -0.2) is 4.68 Å². The second-order valence-electron chi connectivity index (χ2n) is 2.85. The van der Waals surface area contributed by atoms with Crippen LogP contribution in [0.3, 0.4) is 0 Å². The van der Waals surface area contributed by atoms with Crippen molar-refractivity contribution >= 4 is 15.9 Å². The molecule has 0 saturated heterocycles. The van der Waals surface area contributed by atoms with Crippen LogP contribution in [0.1, 0.15) is 5.69 Å². The quantitative estimate of drug-likeness (QED) is 0.745. The van der Waals surface area contributed by atoms with Gasteiger partial charge in [0.2, 0.25) is 0 Å². The molecule has 0 spiro atoms. The molecule has 1 heterocycles. The molecule has 0 aliphatic rings. The number of nitrogens with zero attached hydrogens (tertiary/aromatic N) is 2. The molecule has 0 fully saturated rings. The minimum atomic E-state index is 1.02. The lowest BCUT2D eigenvalue weighted by Gasteiger charge is -2.02. The van der Waals surface area contributed by atoms with Crippen LogP contribution in [0.15, 0.2) is 41.0 Å². The Labute approximate surface area is 85.3 Å². The van der Waals surface area contributed by atoms with Crippen molar-refractivity contribution in [2.24, 2.45) is 0 Å². The molecule has 0 unspecified atom stereocenters. The maximum absolute atomic E-state index is 4.33. The molecule has 0 radical (unpaired) electrons. The molecule has 0 aliphatic carbocycles. The fraction of sp³-hybridized carbons (Fsp3) is 0.100. The van der Waals surface area contributed by atoms with E-state index >= 15 is 0 Å². The molecular formula is C10H9BrN2. The molecule has 13 heavy (non-hydrogen) atoms. The molecule has 2 nitrogen and oxygen atoms in total. The van der Waals surface area contributed by atoms with Gasteiger partial charge in [0, 0.05) is 10.7 Å². The molecule has 3 heteroatoms. The molecule has 66 valence electrons. The number of aryl methyl sites for hydroxylation is 1. The number of rotatable bonds is 1. The standard InChI is InChI=1S/C10H9BrN2/c1-8-6-7-13(12-8)10-5-3-2-4-9(10)11/h2-7H,1H3. The van der Waals surface area contributed by atoms with Gasteiger partial charge in [0.25, 0.3) is 0 Å². The van der Waals surface area contributed by atoms with Crippen LogP contribution in [-0.2, 0) is 0 Å². The van der Waals surface area contributed by atoms with E-state index in [1.165, 1.54) is 0 Å². The van der Waals surface area contributed by atoms with Crippen LogP contribution < -0.4 is 0 Å². The van der Waals surface area contributed by atoms with E-state index < -0.39 is 0 Å². The van der Waals surface area contributed by atoms with E-state index in [2.05, 4.69) is 21.0 Å². The number of para-hydroxylation sites is 1. The molecule has 0 N–H and O–H groups in total. The molecule has 1 aromatic heterocycles. The highest BCUT2D eigenvalue weighted by atomic mass is 79.9. The van der Waals surface area contributed by atoms with Gasteiger partial charge in [0.1, 0.15) is 0 Å². The van der Waals surface area contributed by atoms with Crippen molar-refractivity contribution in [3.8, 4) is 5.69 Å². The van der Waals surface area contributed by atoms with Gasteiger partial charge in [-0.05, 0) is 41.1 Å². The van der Waals surface area contributed by atoms with E-state index in [0.29, 0.717) is 0 Å². The number of hydrogen-bond acceptors (Lipinski definition) is 1. The van der Waals surface area contributed by atoms with Crippen LogP contribution in [0, 0.1) is 6.92 Å². The minimum absolute atomic E-state index is 1.02. The van der Waals surface area contributed by atoms with Gasteiger partial charge in [-0.15, -0.1) is 0 Å². The van der Waals surface area contributed by atoms with Crippen molar-refractivity contribution in [3.63, 3.8) is 0 Å². The third-order valence-corrected chi connectivity index (χ3v) is 2.49. The summed E-state index contributed by atoms with van der Waals surface area (Å²) >= 11 is 3.48. The Morgan fingerprint density at radius 3 is 2.62 bits per heavy atom. The fourth-order valence-electron chi connectivity index (χ4n) is 1.19. The van der Waals surface area contributed by atoms with E-state index in [1.54, 1.807) is 0 Å². The van der Waals surface area contributed by atoms with Crippen LogP contribution in [0.4, 0.5) is 0 Å². The maximum Gasteiger partial charge on any atom is 0.0787 e. The lowest BCUT2D eigenvalue weighted by atomic mass is 10.3. The zero-order valence-corrected chi connectivity index (χ0v) is 8.82. The van der Waals surface area contributed by atoms with Gasteiger partial charge in [-0.2, -0.15) is 5.10 Å². The van der Waals surface area contributed by atoms with Gasteiger partial charge in [-0.3, -0.25) is 0 Å². The lowest BCUT2D eigenvalue weighted by molar-refractivity contribution is 0.859. The molecule has 0 aliphatic heterocycles. The largest absolute Gasteiger partial charge is 0.240 e. The summed E-state index contributed by atoms with van der Waals surface area (Å²) in [6.07, 6.45) is 1.95. The van der Waals surface area contributed by atoms with E-state index in [1.807, 2.05) is 48.1 Å². The number of aromatic nitrogens is 2. The first-order valence-corrected chi connectivity index (χ1v) is 4.84. The predicted octanol–water partition coefficient (Wildman–Crippen LogP) is 2.94. The van der Waals surface area contributed by atoms with Gasteiger partial charge in [0.15, 0.2) is 0 Å². The predicted molar refractivity (Wildman–Crippen MR) is 56.0 cm³/mol. The Balaban J connectivity index is 2.52. The SMILES string of the molecule is Cc1ccn(-c2ccccc2Br)n1. The number of halogens is 1. The summed E-state index contributed by atoms with van der Waals surface area (Å²) < 4.78 is 2.91. The Hall–Kier alpha value is -1.09. The molecule has 0 atom stereocenters. The highest BCUT2D eigenvalue weighted by molar-refractivity contribution is 9.10. The first-order valence-electron chi connectivity index (χ1n) is 4.04. The molecule has 1 aromatic carbocycles. The Bertz CT molecular complexity index is 420. The zero-order valence-electron chi connectivity index (χ0n) is 7.24. The van der Waals surface area contributed by atoms with Crippen LogP contribution >= 0.6 is 15.9 Å². The summed E-state index contributed by atoms with van der Waals surface area (Å²) in [7, 11) is 0. The Morgan fingerprint density at radius 1 is 1.23 bits per heavy atom. The van der Waals surface area contributed by atoms with Crippen molar-refractivity contribution in [1.82, 2.24) is 9.78 Å². The molecule has 0 saturated carbocycles. The topological polar surface area (TPSA) is 17.8 Å². The van der Waals surface area contributed by atoms with E-state index in [-0.39, 0.29) is 0 Å². The third kappa shape index (κ3) is 1.65. The van der Waals surface area contributed by atoms with Gasteiger partial charge < -0.3 is 0 Å². The Kier molecular flexibility index (Phi) is 2.19. The zero-order chi connectivity index (χ0) is 9.26. The van der Waals surface area contributed by atoms with Crippen LogP contribution in [-0.4, -0.2) is 9.78 Å². The first-order chi connectivity index (χ1) is 6.27. The summed E-state index contributed by atoms with van der Waals surface area (Å²) in [6.45, 7) is 1.98. The molecular weight excluding hydrogens is 228 g/mol. The van der Waals surface area contributed by atoms with Gasteiger partial charge >= 0.3 is 0 Å². The first kappa shape index (κ1) is 8.51. The summed E-state index contributed by atoms with van der Waals surface area (Å²) in [5, 5.41) is 4.33. The maximum atomic E-state index is 4.33. The fourth-order valence-corrected chi connectivity index (χ4v) is 1.65. The van der Waals surface area contributed by atoms with Gasteiger partial charge in [-0.1, -0.05) is 12.1 Å². The van der Waals surface area contributed by atoms with Crippen molar-refractivity contribution in [2.75, 3.05) is 0 Å². The third-order valence-electron chi connectivity index (χ3n) is 1.82. The van der Waals surface area contributed by atoms with Crippen molar-refractivity contribution < 1.29 is 0 Å². The van der Waals surface area contributed by atoms with Crippen molar-refractivity contribution in [3.05, 3.63) is 46.7 Å². The monoisotopic (exact) mass is 236 g/mol. The smallest absolute Gasteiger partial charge is 0.0787 e.